The van der Waals surface area contributed by atoms with E-state index in [1.54, 1.807) is 13.0 Å². The number of carbonyl (C=O) groups is 3. The van der Waals surface area contributed by atoms with Crippen LogP contribution in [0.4, 0.5) is 0 Å². The van der Waals surface area contributed by atoms with Crippen molar-refractivity contribution in [3.05, 3.63) is 33.9 Å². The molecule has 3 atom stereocenters. The van der Waals surface area contributed by atoms with Gasteiger partial charge in [0.2, 0.25) is 6.54 Å². The molecule has 9 heteroatoms. The zero-order valence-corrected chi connectivity index (χ0v) is 16.0. The largest absolute Gasteiger partial charge is 0.493 e. The molecule has 0 aromatic heterocycles. The molecule has 0 bridgehead atoms. The quantitative estimate of drug-likeness (QED) is 0.270. The van der Waals surface area contributed by atoms with Crippen LogP contribution in [0.25, 0.3) is 0 Å². The van der Waals surface area contributed by atoms with Gasteiger partial charge in [0.1, 0.15) is 5.78 Å². The van der Waals surface area contributed by atoms with E-state index in [0.717, 1.165) is 0 Å². The van der Waals surface area contributed by atoms with E-state index in [1.165, 1.54) is 26.4 Å². The van der Waals surface area contributed by atoms with Crippen LogP contribution in [-0.4, -0.2) is 49.8 Å². The van der Waals surface area contributed by atoms with Crippen LogP contribution in [0.15, 0.2) is 18.2 Å². The number of ether oxygens (including phenoxy) is 3. The first-order valence-corrected chi connectivity index (χ1v) is 8.82. The maximum absolute atomic E-state index is 12.3. The number of benzene rings is 1. The average Bonchev–Trinajstić information content (AvgIpc) is 2.91. The number of ketones is 2. The van der Waals surface area contributed by atoms with Crippen LogP contribution < -0.4 is 9.47 Å². The van der Waals surface area contributed by atoms with Crippen LogP contribution in [0.3, 0.4) is 0 Å². The Hall–Kier alpha value is -2.97. The predicted molar refractivity (Wildman–Crippen MR) is 97.1 cm³/mol. The Morgan fingerprint density at radius 1 is 1.21 bits per heavy atom. The predicted octanol–water partition coefficient (Wildman–Crippen LogP) is 1.94. The third-order valence-corrected chi connectivity index (χ3v) is 5.00. The zero-order valence-electron chi connectivity index (χ0n) is 16.0. The molecule has 0 spiro atoms. The molecule has 1 aromatic rings. The molecule has 1 fully saturated rings. The van der Waals surface area contributed by atoms with Crippen molar-refractivity contribution in [2.24, 2.45) is 17.8 Å². The van der Waals surface area contributed by atoms with Crippen LogP contribution in [0, 0.1) is 27.9 Å². The summed E-state index contributed by atoms with van der Waals surface area (Å²) >= 11 is 0. The lowest BCUT2D eigenvalue weighted by atomic mass is 9.88. The van der Waals surface area contributed by atoms with Gasteiger partial charge in [0.05, 0.1) is 20.6 Å². The summed E-state index contributed by atoms with van der Waals surface area (Å²) in [5.41, 5.74) is 0.280. The van der Waals surface area contributed by atoms with Crippen molar-refractivity contribution >= 4 is 17.5 Å². The van der Waals surface area contributed by atoms with Gasteiger partial charge in [-0.25, -0.2) is 0 Å². The number of methoxy groups -OCH3 is 2. The molecule has 0 radical (unpaired) electrons. The second kappa shape index (κ2) is 9.29. The van der Waals surface area contributed by atoms with Gasteiger partial charge in [-0.15, -0.1) is 0 Å². The Kier molecular flexibility index (Phi) is 7.08. The lowest BCUT2D eigenvalue weighted by molar-refractivity contribution is -0.490. The van der Waals surface area contributed by atoms with E-state index in [2.05, 4.69) is 0 Å². The van der Waals surface area contributed by atoms with Gasteiger partial charge in [0.15, 0.2) is 23.9 Å². The van der Waals surface area contributed by atoms with Crippen LogP contribution in [0.2, 0.25) is 0 Å². The number of nitrogens with zero attached hydrogens (tertiary/aromatic N) is 1. The van der Waals surface area contributed by atoms with E-state index in [1.807, 2.05) is 0 Å². The maximum Gasteiger partial charge on any atom is 0.306 e. The van der Waals surface area contributed by atoms with Crippen molar-refractivity contribution in [2.75, 3.05) is 27.4 Å². The second-order valence-corrected chi connectivity index (χ2v) is 6.79. The molecule has 9 nitrogen and oxygen atoms in total. The Morgan fingerprint density at radius 3 is 2.50 bits per heavy atom. The molecule has 152 valence electrons. The number of hydrogen-bond donors (Lipinski definition) is 0. The lowest BCUT2D eigenvalue weighted by Gasteiger charge is -2.17. The molecular formula is C19H23NO8. The second-order valence-electron chi connectivity index (χ2n) is 6.79. The van der Waals surface area contributed by atoms with Crippen LogP contribution >= 0.6 is 0 Å². The minimum Gasteiger partial charge on any atom is -0.493 e. The number of nitro groups is 1. The Labute approximate surface area is 162 Å². The SMILES string of the molecule is COc1ccc(C(=O)COC(=O)C[C@H]2C(=O)C[C@@H](C)[C@H]2C[N+](=O)[O-])cc1OC. The first-order valence-electron chi connectivity index (χ1n) is 8.82. The molecule has 1 saturated carbocycles. The summed E-state index contributed by atoms with van der Waals surface area (Å²) in [6.07, 6.45) is -0.0537. The number of esters is 1. The summed E-state index contributed by atoms with van der Waals surface area (Å²) < 4.78 is 15.2. The van der Waals surface area contributed by atoms with Crippen LogP contribution in [0.5, 0.6) is 11.5 Å². The minimum absolute atomic E-state index is 0.163. The molecule has 0 saturated heterocycles. The Balaban J connectivity index is 1.95. The van der Waals surface area contributed by atoms with Crippen molar-refractivity contribution in [3.63, 3.8) is 0 Å². The van der Waals surface area contributed by atoms with Gasteiger partial charge >= 0.3 is 5.97 Å². The molecule has 0 N–H and O–H groups in total. The summed E-state index contributed by atoms with van der Waals surface area (Å²) in [6, 6.07) is 4.56. The number of rotatable bonds is 9. The van der Waals surface area contributed by atoms with Gasteiger partial charge in [0.25, 0.3) is 0 Å². The highest BCUT2D eigenvalue weighted by Gasteiger charge is 2.44. The van der Waals surface area contributed by atoms with Crippen molar-refractivity contribution in [1.29, 1.82) is 0 Å². The van der Waals surface area contributed by atoms with Crippen molar-refractivity contribution < 1.29 is 33.5 Å². The van der Waals surface area contributed by atoms with Gasteiger partial charge in [-0.3, -0.25) is 24.5 Å². The zero-order chi connectivity index (χ0) is 20.8. The van der Waals surface area contributed by atoms with E-state index in [9.17, 15) is 24.5 Å². The smallest absolute Gasteiger partial charge is 0.306 e. The average molecular weight is 393 g/mol. The molecule has 0 heterocycles. The van der Waals surface area contributed by atoms with E-state index >= 15 is 0 Å². The summed E-state index contributed by atoms with van der Waals surface area (Å²) in [5, 5.41) is 10.8. The normalized spacial score (nSPS) is 21.2. The highest BCUT2D eigenvalue weighted by Crippen LogP contribution is 2.36. The molecule has 28 heavy (non-hydrogen) atoms. The topological polar surface area (TPSA) is 122 Å². The van der Waals surface area contributed by atoms with Gasteiger partial charge in [-0.05, 0) is 24.1 Å². The fourth-order valence-corrected chi connectivity index (χ4v) is 3.48. The fourth-order valence-electron chi connectivity index (χ4n) is 3.48. The van der Waals surface area contributed by atoms with E-state index in [-0.39, 0.29) is 36.7 Å². The lowest BCUT2D eigenvalue weighted by Crippen LogP contribution is -2.28. The fraction of sp³-hybridized carbons (Fsp3) is 0.526. The van der Waals surface area contributed by atoms with E-state index < -0.39 is 35.1 Å². The summed E-state index contributed by atoms with van der Waals surface area (Å²) in [4.78, 5) is 46.8. The van der Waals surface area contributed by atoms with Crippen molar-refractivity contribution in [2.45, 2.75) is 19.8 Å². The molecule has 1 aliphatic rings. The van der Waals surface area contributed by atoms with Crippen LogP contribution in [0.1, 0.15) is 30.1 Å². The van der Waals surface area contributed by atoms with Crippen molar-refractivity contribution in [1.82, 2.24) is 0 Å². The standard InChI is InChI=1S/C19H23NO8/c1-11-6-15(21)13(14(11)9-20(24)25)8-19(23)28-10-16(22)12-4-5-17(26-2)18(7-12)27-3/h4-5,7,11,13-14H,6,8-10H2,1-3H3/t11-,13-,14-/m1/s1. The third-order valence-electron chi connectivity index (χ3n) is 5.00. The molecule has 0 aliphatic heterocycles. The highest BCUT2D eigenvalue weighted by atomic mass is 16.6. The van der Waals surface area contributed by atoms with Crippen LogP contribution in [-0.2, 0) is 14.3 Å². The molecule has 0 unspecified atom stereocenters. The van der Waals surface area contributed by atoms with Crippen molar-refractivity contribution in [3.8, 4) is 11.5 Å². The van der Waals surface area contributed by atoms with E-state index in [0.29, 0.717) is 11.5 Å². The molecular weight excluding hydrogens is 370 g/mol. The molecule has 2 rings (SSSR count). The molecule has 1 aromatic carbocycles. The summed E-state index contributed by atoms with van der Waals surface area (Å²) in [6.45, 7) is 0.901. The molecule has 1 aliphatic carbocycles. The number of hydrogen-bond acceptors (Lipinski definition) is 8. The Morgan fingerprint density at radius 2 is 1.89 bits per heavy atom. The molecule has 0 amide bonds. The maximum atomic E-state index is 12.3. The summed E-state index contributed by atoms with van der Waals surface area (Å²) in [7, 11) is 2.91. The first-order chi connectivity index (χ1) is 13.3. The van der Waals surface area contributed by atoms with Gasteiger partial charge in [-0.2, -0.15) is 0 Å². The number of carbonyl (C=O) groups excluding carboxylic acids is 3. The number of Topliss-reactive ketones (excluding diaryl/α,β-unsaturated/α-hetero) is 2. The monoisotopic (exact) mass is 393 g/mol. The van der Waals surface area contributed by atoms with E-state index in [4.69, 9.17) is 14.2 Å². The minimum atomic E-state index is -0.746. The highest BCUT2D eigenvalue weighted by molar-refractivity contribution is 5.98. The van der Waals surface area contributed by atoms with Gasteiger partial charge < -0.3 is 14.2 Å². The Bertz CT molecular complexity index is 775. The first kappa shape index (κ1) is 21.3. The third kappa shape index (κ3) is 5.05. The van der Waals surface area contributed by atoms with Gasteiger partial charge in [-0.1, -0.05) is 6.92 Å². The summed E-state index contributed by atoms with van der Waals surface area (Å²) in [5.74, 6) is -1.93. The van der Waals surface area contributed by atoms with Gasteiger partial charge in [0, 0.05) is 28.7 Å².